The largest absolute Gasteiger partial charge is 0.0692 e. The lowest BCUT2D eigenvalue weighted by Crippen LogP contribution is -1.55. The van der Waals surface area contributed by atoms with E-state index in [1.54, 1.807) is 31.4 Å². The van der Waals surface area contributed by atoms with Gasteiger partial charge in [0, 0.05) is 0 Å². The van der Waals surface area contributed by atoms with Crippen molar-refractivity contribution in [1.82, 2.24) is 0 Å². The van der Waals surface area contributed by atoms with Crippen molar-refractivity contribution in [2.75, 3.05) is 0 Å². The van der Waals surface area contributed by atoms with Gasteiger partial charge in [0.15, 0.2) is 0 Å². The highest BCUT2D eigenvalue weighted by molar-refractivity contribution is 9.10. The fraction of sp³-hybridized carbons (Fsp3) is 0.500. The molecule has 0 heterocycles. The molecule has 0 aromatic heterocycles. The van der Waals surface area contributed by atoms with Crippen LogP contribution in [0.25, 0.3) is 0 Å². The van der Waals surface area contributed by atoms with Gasteiger partial charge in [-0.15, -0.1) is 0 Å². The molecule has 0 aliphatic carbocycles. The summed E-state index contributed by atoms with van der Waals surface area (Å²) in [5, 5.41) is 4.33. The first kappa shape index (κ1) is 11.5. The summed E-state index contributed by atoms with van der Waals surface area (Å²) in [6.07, 6.45) is 0. The molecule has 0 bridgehead atoms. The fourth-order valence-electron chi connectivity index (χ4n) is 0.254. The van der Waals surface area contributed by atoms with Crippen molar-refractivity contribution in [2.24, 2.45) is 0 Å². The van der Waals surface area contributed by atoms with Gasteiger partial charge in [0.2, 0.25) is 0 Å². The SMILES string of the molecule is CC(C)=CSSSC=C(C)C. The van der Waals surface area contributed by atoms with Crippen LogP contribution in [0.3, 0.4) is 0 Å². The van der Waals surface area contributed by atoms with E-state index < -0.39 is 0 Å². The molecule has 0 unspecified atom stereocenters. The Morgan fingerprint density at radius 1 is 0.818 bits per heavy atom. The maximum Gasteiger partial charge on any atom is -0.0158 e. The summed E-state index contributed by atoms with van der Waals surface area (Å²) in [7, 11) is 5.34. The van der Waals surface area contributed by atoms with Gasteiger partial charge in [-0.1, -0.05) is 32.7 Å². The van der Waals surface area contributed by atoms with Crippen molar-refractivity contribution in [3.63, 3.8) is 0 Å². The maximum atomic E-state index is 2.16. The lowest BCUT2D eigenvalue weighted by Gasteiger charge is -1.91. The first-order valence-electron chi connectivity index (χ1n) is 3.38. The van der Waals surface area contributed by atoms with Gasteiger partial charge in [-0.2, -0.15) is 0 Å². The van der Waals surface area contributed by atoms with E-state index in [-0.39, 0.29) is 0 Å². The molecule has 0 radical (unpaired) electrons. The van der Waals surface area contributed by atoms with E-state index in [0.29, 0.717) is 0 Å². The molecule has 0 aliphatic heterocycles. The van der Waals surface area contributed by atoms with Crippen LogP contribution in [0.5, 0.6) is 0 Å². The van der Waals surface area contributed by atoms with Crippen molar-refractivity contribution in [3.05, 3.63) is 22.0 Å². The lowest BCUT2D eigenvalue weighted by atomic mass is 10.4. The Hall–Kier alpha value is 0.530. The summed E-state index contributed by atoms with van der Waals surface area (Å²) in [5.74, 6) is 0. The Morgan fingerprint density at radius 3 is 1.45 bits per heavy atom. The Balaban J connectivity index is 3.29. The Kier molecular flexibility index (Phi) is 7.54. The van der Waals surface area contributed by atoms with Gasteiger partial charge in [0.25, 0.3) is 0 Å². The predicted molar refractivity (Wildman–Crippen MR) is 61.6 cm³/mol. The minimum atomic E-state index is 1.36. The Morgan fingerprint density at radius 2 is 1.18 bits per heavy atom. The maximum absolute atomic E-state index is 2.16. The summed E-state index contributed by atoms with van der Waals surface area (Å²) in [5.41, 5.74) is 2.72. The van der Waals surface area contributed by atoms with Crippen LogP contribution in [0.4, 0.5) is 0 Å². The van der Waals surface area contributed by atoms with Crippen molar-refractivity contribution in [1.29, 1.82) is 0 Å². The van der Waals surface area contributed by atoms with Crippen LogP contribution in [-0.2, 0) is 0 Å². The van der Waals surface area contributed by atoms with Crippen LogP contribution in [0.15, 0.2) is 22.0 Å². The monoisotopic (exact) mass is 206 g/mol. The molecule has 0 saturated heterocycles. The van der Waals surface area contributed by atoms with Crippen molar-refractivity contribution >= 4 is 31.4 Å². The highest BCUT2D eigenvalue weighted by Crippen LogP contribution is 2.37. The average molecular weight is 206 g/mol. The van der Waals surface area contributed by atoms with E-state index in [2.05, 4.69) is 38.5 Å². The van der Waals surface area contributed by atoms with Crippen LogP contribution >= 0.6 is 31.4 Å². The molecule has 0 rings (SSSR count). The molecule has 0 fully saturated rings. The van der Waals surface area contributed by atoms with Gasteiger partial charge >= 0.3 is 0 Å². The van der Waals surface area contributed by atoms with E-state index in [1.165, 1.54) is 11.1 Å². The van der Waals surface area contributed by atoms with Gasteiger partial charge in [-0.3, -0.25) is 0 Å². The molecular formula is C8H14S3. The van der Waals surface area contributed by atoms with Gasteiger partial charge in [-0.25, -0.2) is 0 Å². The zero-order valence-corrected chi connectivity index (χ0v) is 9.83. The van der Waals surface area contributed by atoms with Crippen molar-refractivity contribution in [3.8, 4) is 0 Å². The van der Waals surface area contributed by atoms with E-state index >= 15 is 0 Å². The molecule has 0 saturated carbocycles. The summed E-state index contributed by atoms with van der Waals surface area (Å²) in [6.45, 7) is 8.44. The molecular weight excluding hydrogens is 192 g/mol. The van der Waals surface area contributed by atoms with E-state index in [4.69, 9.17) is 0 Å². The smallest absolute Gasteiger partial charge is 0.0158 e. The van der Waals surface area contributed by atoms with Gasteiger partial charge in [0.1, 0.15) is 0 Å². The number of allylic oxidation sites excluding steroid dienone is 2. The van der Waals surface area contributed by atoms with Crippen molar-refractivity contribution in [2.45, 2.75) is 27.7 Å². The minimum absolute atomic E-state index is 1.36. The van der Waals surface area contributed by atoms with Gasteiger partial charge in [0.05, 0.1) is 0 Å². The molecule has 64 valence electrons. The Labute approximate surface area is 81.1 Å². The van der Waals surface area contributed by atoms with Crippen molar-refractivity contribution < 1.29 is 0 Å². The third kappa shape index (κ3) is 10.5. The summed E-state index contributed by atoms with van der Waals surface area (Å²) in [6, 6.07) is 0. The molecule has 0 aromatic rings. The molecule has 0 atom stereocenters. The summed E-state index contributed by atoms with van der Waals surface area (Å²) >= 11 is 0. The highest BCUT2D eigenvalue weighted by Gasteiger charge is 1.84. The second-order valence-electron chi connectivity index (χ2n) is 2.65. The zero-order chi connectivity index (χ0) is 8.69. The molecule has 0 aromatic carbocycles. The molecule has 0 N–H and O–H groups in total. The van der Waals surface area contributed by atoms with Crippen LogP contribution in [0.1, 0.15) is 27.7 Å². The van der Waals surface area contributed by atoms with Crippen LogP contribution < -0.4 is 0 Å². The quantitative estimate of drug-likeness (QED) is 0.476. The number of rotatable bonds is 4. The normalized spacial score (nSPS) is 9.09. The topological polar surface area (TPSA) is 0 Å². The first-order valence-corrected chi connectivity index (χ1v) is 6.99. The van der Waals surface area contributed by atoms with Crippen LogP contribution in [0.2, 0.25) is 0 Å². The molecule has 0 nitrogen and oxygen atoms in total. The van der Waals surface area contributed by atoms with E-state index in [9.17, 15) is 0 Å². The molecule has 11 heavy (non-hydrogen) atoms. The summed E-state index contributed by atoms with van der Waals surface area (Å²) in [4.78, 5) is 0. The third-order valence-corrected chi connectivity index (χ3v) is 4.40. The van der Waals surface area contributed by atoms with Gasteiger partial charge in [-0.05, 0) is 48.3 Å². The third-order valence-electron chi connectivity index (χ3n) is 0.646. The lowest BCUT2D eigenvalue weighted by molar-refractivity contribution is 1.42. The van der Waals surface area contributed by atoms with E-state index in [1.807, 2.05) is 0 Å². The van der Waals surface area contributed by atoms with Crippen LogP contribution in [0, 0.1) is 0 Å². The van der Waals surface area contributed by atoms with E-state index in [0.717, 1.165) is 0 Å². The average Bonchev–Trinajstić information content (AvgIpc) is 1.85. The molecule has 3 heteroatoms. The molecule has 0 aliphatic rings. The Bertz CT molecular complexity index is 133. The minimum Gasteiger partial charge on any atom is -0.0692 e. The molecule has 0 amide bonds. The number of hydrogen-bond acceptors (Lipinski definition) is 3. The van der Waals surface area contributed by atoms with Gasteiger partial charge < -0.3 is 0 Å². The van der Waals surface area contributed by atoms with Crippen LogP contribution in [-0.4, -0.2) is 0 Å². The molecule has 0 spiro atoms. The second kappa shape index (κ2) is 7.19. The fourth-order valence-corrected chi connectivity index (χ4v) is 3.41. The number of hydrogen-bond donors (Lipinski definition) is 0. The first-order chi connectivity index (χ1) is 5.13. The zero-order valence-electron chi connectivity index (χ0n) is 7.38. The standard InChI is InChI=1S/C8H14S3/c1-7(2)5-9-11-10-6-8(3)4/h5-6H,1-4H3. The summed E-state index contributed by atoms with van der Waals surface area (Å²) < 4.78 is 0. The second-order valence-corrected chi connectivity index (χ2v) is 6.43. The predicted octanol–water partition coefficient (Wildman–Crippen LogP) is 4.86. The highest BCUT2D eigenvalue weighted by atomic mass is 33.5.